The summed E-state index contributed by atoms with van der Waals surface area (Å²) in [7, 11) is 1.56. The van der Waals surface area contributed by atoms with Crippen molar-refractivity contribution in [1.82, 2.24) is 9.88 Å². The van der Waals surface area contributed by atoms with Crippen LogP contribution < -0.4 is 0 Å². The standard InChI is InChI=1S/C11H16N2O3/c1-8-3-4-10(12-5-8)11(16)13(2)6-9(15)7-14/h3-5,9,14-15H,6-7H2,1-2H3. The molecule has 0 aliphatic heterocycles. The molecule has 5 nitrogen and oxygen atoms in total. The fourth-order valence-electron chi connectivity index (χ4n) is 1.25. The smallest absolute Gasteiger partial charge is 0.272 e. The summed E-state index contributed by atoms with van der Waals surface area (Å²) >= 11 is 0. The van der Waals surface area contributed by atoms with E-state index in [0.717, 1.165) is 5.56 Å². The molecule has 88 valence electrons. The van der Waals surface area contributed by atoms with E-state index >= 15 is 0 Å². The highest BCUT2D eigenvalue weighted by molar-refractivity contribution is 5.92. The Hall–Kier alpha value is -1.46. The van der Waals surface area contributed by atoms with Gasteiger partial charge in [0.25, 0.3) is 5.91 Å². The van der Waals surface area contributed by atoms with Crippen LogP contribution >= 0.6 is 0 Å². The molecule has 1 amide bonds. The van der Waals surface area contributed by atoms with Gasteiger partial charge in [0.2, 0.25) is 0 Å². The van der Waals surface area contributed by atoms with Crippen molar-refractivity contribution >= 4 is 5.91 Å². The topological polar surface area (TPSA) is 73.7 Å². The molecule has 2 N–H and O–H groups in total. The predicted molar refractivity (Wildman–Crippen MR) is 59.0 cm³/mol. The van der Waals surface area contributed by atoms with Crippen LogP contribution in [-0.2, 0) is 0 Å². The Morgan fingerprint density at radius 3 is 2.75 bits per heavy atom. The van der Waals surface area contributed by atoms with Gasteiger partial charge in [0, 0.05) is 19.8 Å². The van der Waals surface area contributed by atoms with Gasteiger partial charge >= 0.3 is 0 Å². The first-order chi connectivity index (χ1) is 7.54. The molecule has 1 aromatic heterocycles. The number of carbonyl (C=O) groups is 1. The van der Waals surface area contributed by atoms with Gasteiger partial charge < -0.3 is 15.1 Å². The number of hydrogen-bond donors (Lipinski definition) is 2. The van der Waals surface area contributed by atoms with Crippen molar-refractivity contribution in [2.45, 2.75) is 13.0 Å². The van der Waals surface area contributed by atoms with Gasteiger partial charge in [-0.15, -0.1) is 0 Å². The van der Waals surface area contributed by atoms with E-state index in [1.54, 1.807) is 25.4 Å². The maximum absolute atomic E-state index is 11.8. The van der Waals surface area contributed by atoms with Gasteiger partial charge in [0.15, 0.2) is 0 Å². The second kappa shape index (κ2) is 5.58. The Kier molecular flexibility index (Phi) is 4.39. The first-order valence-electron chi connectivity index (χ1n) is 5.01. The lowest BCUT2D eigenvalue weighted by Gasteiger charge is -2.19. The molecule has 1 atom stereocenters. The summed E-state index contributed by atoms with van der Waals surface area (Å²) in [5.74, 6) is -0.271. The summed E-state index contributed by atoms with van der Waals surface area (Å²) in [6.45, 7) is 1.62. The van der Waals surface area contributed by atoms with Crippen LogP contribution in [0.5, 0.6) is 0 Å². The van der Waals surface area contributed by atoms with E-state index in [4.69, 9.17) is 5.11 Å². The zero-order chi connectivity index (χ0) is 12.1. The van der Waals surface area contributed by atoms with Crippen LogP contribution in [0.1, 0.15) is 16.1 Å². The van der Waals surface area contributed by atoms with Gasteiger partial charge in [-0.05, 0) is 18.6 Å². The van der Waals surface area contributed by atoms with Crippen LogP contribution in [0.2, 0.25) is 0 Å². The second-order valence-electron chi connectivity index (χ2n) is 3.74. The number of pyridine rings is 1. The van der Waals surface area contributed by atoms with Crippen molar-refractivity contribution in [1.29, 1.82) is 0 Å². The number of amides is 1. The zero-order valence-corrected chi connectivity index (χ0v) is 9.42. The second-order valence-corrected chi connectivity index (χ2v) is 3.74. The Morgan fingerprint density at radius 2 is 2.25 bits per heavy atom. The van der Waals surface area contributed by atoms with Gasteiger partial charge in [-0.1, -0.05) is 6.07 Å². The van der Waals surface area contributed by atoms with Gasteiger partial charge in [-0.3, -0.25) is 9.78 Å². The highest BCUT2D eigenvalue weighted by Crippen LogP contribution is 2.02. The number of aromatic nitrogens is 1. The summed E-state index contributed by atoms with van der Waals surface area (Å²) in [6, 6.07) is 3.44. The predicted octanol–water partition coefficient (Wildman–Crippen LogP) is -0.185. The summed E-state index contributed by atoms with van der Waals surface area (Å²) in [6.07, 6.45) is 0.697. The van der Waals surface area contributed by atoms with Crippen LogP contribution in [0.25, 0.3) is 0 Å². The number of aliphatic hydroxyl groups is 2. The highest BCUT2D eigenvalue weighted by Gasteiger charge is 2.15. The van der Waals surface area contributed by atoms with Crippen molar-refractivity contribution in [2.75, 3.05) is 20.2 Å². The van der Waals surface area contributed by atoms with E-state index in [9.17, 15) is 9.90 Å². The SMILES string of the molecule is Cc1ccc(C(=O)N(C)CC(O)CO)nc1. The summed E-state index contributed by atoms with van der Waals surface area (Å²) < 4.78 is 0. The van der Waals surface area contributed by atoms with Crippen LogP contribution in [0.4, 0.5) is 0 Å². The Morgan fingerprint density at radius 1 is 1.56 bits per heavy atom. The van der Waals surface area contributed by atoms with Gasteiger partial charge in [0.1, 0.15) is 5.69 Å². The van der Waals surface area contributed by atoms with Crippen molar-refractivity contribution < 1.29 is 15.0 Å². The third-order valence-electron chi connectivity index (χ3n) is 2.17. The molecule has 1 unspecified atom stereocenters. The summed E-state index contributed by atoms with van der Waals surface area (Å²) in [5.41, 5.74) is 1.31. The molecular weight excluding hydrogens is 208 g/mol. The average Bonchev–Trinajstić information content (AvgIpc) is 2.28. The lowest BCUT2D eigenvalue weighted by atomic mass is 10.2. The Labute approximate surface area is 94.4 Å². The number of rotatable bonds is 4. The van der Waals surface area contributed by atoms with Gasteiger partial charge in [-0.2, -0.15) is 0 Å². The average molecular weight is 224 g/mol. The van der Waals surface area contributed by atoms with Crippen molar-refractivity contribution in [3.05, 3.63) is 29.6 Å². The summed E-state index contributed by atoms with van der Waals surface area (Å²) in [4.78, 5) is 17.1. The molecule has 5 heteroatoms. The monoisotopic (exact) mass is 224 g/mol. The van der Waals surface area contributed by atoms with Crippen molar-refractivity contribution in [3.8, 4) is 0 Å². The maximum Gasteiger partial charge on any atom is 0.272 e. The molecule has 0 saturated heterocycles. The molecule has 1 heterocycles. The molecule has 0 spiro atoms. The lowest BCUT2D eigenvalue weighted by molar-refractivity contribution is 0.0516. The number of carbonyl (C=O) groups excluding carboxylic acids is 1. The molecule has 1 aromatic rings. The minimum atomic E-state index is -0.917. The van der Waals surface area contributed by atoms with E-state index in [2.05, 4.69) is 4.98 Å². The molecule has 0 fully saturated rings. The van der Waals surface area contributed by atoms with E-state index in [-0.39, 0.29) is 19.1 Å². The van der Waals surface area contributed by atoms with Gasteiger partial charge in [0.05, 0.1) is 12.7 Å². The quantitative estimate of drug-likeness (QED) is 0.743. The molecule has 0 bridgehead atoms. The number of nitrogens with zero attached hydrogens (tertiary/aromatic N) is 2. The van der Waals surface area contributed by atoms with Gasteiger partial charge in [-0.25, -0.2) is 0 Å². The van der Waals surface area contributed by atoms with Crippen LogP contribution in [0.15, 0.2) is 18.3 Å². The number of aryl methyl sites for hydroxylation is 1. The Balaban J connectivity index is 2.67. The number of aliphatic hydroxyl groups excluding tert-OH is 2. The molecule has 1 rings (SSSR count). The highest BCUT2D eigenvalue weighted by atomic mass is 16.3. The molecular formula is C11H16N2O3. The normalized spacial score (nSPS) is 12.2. The Bertz CT molecular complexity index is 351. The molecule has 0 aliphatic carbocycles. The van der Waals surface area contributed by atoms with Crippen LogP contribution in [-0.4, -0.2) is 52.3 Å². The number of hydrogen-bond acceptors (Lipinski definition) is 4. The van der Waals surface area contributed by atoms with E-state index < -0.39 is 6.10 Å². The number of likely N-dealkylation sites (N-methyl/N-ethyl adjacent to an activating group) is 1. The molecule has 16 heavy (non-hydrogen) atoms. The molecule has 0 radical (unpaired) electrons. The fourth-order valence-corrected chi connectivity index (χ4v) is 1.25. The van der Waals surface area contributed by atoms with E-state index in [0.29, 0.717) is 5.69 Å². The van der Waals surface area contributed by atoms with Crippen LogP contribution in [0.3, 0.4) is 0 Å². The van der Waals surface area contributed by atoms with Crippen LogP contribution in [0, 0.1) is 6.92 Å². The molecule has 0 saturated carbocycles. The minimum Gasteiger partial charge on any atom is -0.394 e. The largest absolute Gasteiger partial charge is 0.394 e. The first-order valence-corrected chi connectivity index (χ1v) is 5.01. The fraction of sp³-hybridized carbons (Fsp3) is 0.455. The van der Waals surface area contributed by atoms with E-state index in [1.165, 1.54) is 4.90 Å². The lowest BCUT2D eigenvalue weighted by Crippen LogP contribution is -2.36. The van der Waals surface area contributed by atoms with E-state index in [1.807, 2.05) is 6.92 Å². The van der Waals surface area contributed by atoms with Crippen molar-refractivity contribution in [2.24, 2.45) is 0 Å². The third kappa shape index (κ3) is 3.29. The molecule has 0 aromatic carbocycles. The zero-order valence-electron chi connectivity index (χ0n) is 9.42. The maximum atomic E-state index is 11.8. The minimum absolute atomic E-state index is 0.0882. The summed E-state index contributed by atoms with van der Waals surface area (Å²) in [5, 5.41) is 17.9. The van der Waals surface area contributed by atoms with Crippen molar-refractivity contribution in [3.63, 3.8) is 0 Å². The third-order valence-corrected chi connectivity index (χ3v) is 2.17. The molecule has 0 aliphatic rings. The first kappa shape index (κ1) is 12.6.